The Morgan fingerprint density at radius 2 is 1.83 bits per heavy atom. The van der Waals surface area contributed by atoms with Crippen LogP contribution in [0.5, 0.6) is 0 Å². The van der Waals surface area contributed by atoms with Gasteiger partial charge in [0.05, 0.1) is 6.61 Å². The normalized spacial score (nSPS) is 13.8. The molecule has 0 saturated heterocycles. The fourth-order valence-corrected chi connectivity index (χ4v) is 1.91. The van der Waals surface area contributed by atoms with Crippen LogP contribution < -0.4 is 10.6 Å². The number of carbonyl (C=O) groups excluding carboxylic acids is 2. The maximum absolute atomic E-state index is 13.4. The third-order valence-electron chi connectivity index (χ3n) is 2.89. The summed E-state index contributed by atoms with van der Waals surface area (Å²) in [6.45, 7) is 3.59. The topological polar surface area (TPSA) is 76.7 Å². The zero-order valence-corrected chi connectivity index (χ0v) is 13.5. The molecule has 0 fully saturated rings. The van der Waals surface area contributed by atoms with Crippen LogP contribution in [0.1, 0.15) is 19.4 Å². The van der Waals surface area contributed by atoms with Gasteiger partial charge in [0.1, 0.15) is 0 Å². The van der Waals surface area contributed by atoms with E-state index in [0.29, 0.717) is 0 Å². The summed E-state index contributed by atoms with van der Waals surface area (Å²) in [7, 11) is 0. The van der Waals surface area contributed by atoms with E-state index in [1.165, 1.54) is 19.9 Å². The van der Waals surface area contributed by atoms with Gasteiger partial charge in [-0.3, -0.25) is 5.32 Å². The summed E-state index contributed by atoms with van der Waals surface area (Å²) in [4.78, 5) is 23.8. The second-order valence-electron chi connectivity index (χ2n) is 4.78. The van der Waals surface area contributed by atoms with Crippen molar-refractivity contribution in [1.82, 2.24) is 5.32 Å². The molecule has 0 aliphatic heterocycles. The van der Waals surface area contributed by atoms with Gasteiger partial charge in [-0.1, -0.05) is 12.1 Å². The summed E-state index contributed by atoms with van der Waals surface area (Å²) < 4.78 is 49.3. The van der Waals surface area contributed by atoms with Crippen LogP contribution in [-0.4, -0.2) is 37.1 Å². The predicted molar refractivity (Wildman–Crippen MR) is 80.4 cm³/mol. The predicted octanol–water partition coefficient (Wildman–Crippen LogP) is 2.97. The molecule has 134 valence electrons. The van der Waals surface area contributed by atoms with E-state index in [2.05, 4.69) is 14.8 Å². The average molecular weight is 348 g/mol. The number of esters is 1. The Bertz CT molecular complexity index is 592. The number of alkyl halides is 3. The summed E-state index contributed by atoms with van der Waals surface area (Å²) in [6, 6.07) is 5.17. The maximum atomic E-state index is 13.4. The van der Waals surface area contributed by atoms with Gasteiger partial charge < -0.3 is 14.8 Å². The minimum absolute atomic E-state index is 0.268. The van der Waals surface area contributed by atoms with Gasteiger partial charge in [-0.25, -0.2) is 9.59 Å². The van der Waals surface area contributed by atoms with Gasteiger partial charge in [0.2, 0.25) is 0 Å². The highest BCUT2D eigenvalue weighted by molar-refractivity contribution is 5.94. The molecule has 0 heterocycles. The van der Waals surface area contributed by atoms with Crippen LogP contribution in [-0.2, 0) is 14.3 Å². The molecule has 1 aromatic carbocycles. The van der Waals surface area contributed by atoms with Gasteiger partial charge in [-0.15, -0.1) is 0 Å². The Kier molecular flexibility index (Phi) is 6.59. The largest absolute Gasteiger partial charge is 0.462 e. The van der Waals surface area contributed by atoms with Crippen molar-refractivity contribution in [3.05, 3.63) is 29.8 Å². The van der Waals surface area contributed by atoms with Gasteiger partial charge in [0.25, 0.3) is 0 Å². The molecule has 1 rings (SSSR count). The molecule has 24 heavy (non-hydrogen) atoms. The van der Waals surface area contributed by atoms with E-state index in [-0.39, 0.29) is 12.3 Å². The number of halogens is 3. The number of benzene rings is 1. The van der Waals surface area contributed by atoms with Crippen LogP contribution in [0.3, 0.4) is 0 Å². The van der Waals surface area contributed by atoms with Crippen molar-refractivity contribution in [2.24, 2.45) is 0 Å². The summed E-state index contributed by atoms with van der Waals surface area (Å²) in [6.07, 6.45) is -5.21. The quantitative estimate of drug-likeness (QED) is 0.612. The van der Waals surface area contributed by atoms with Crippen LogP contribution in [0, 0.1) is 6.92 Å². The molecule has 9 heteroatoms. The molecular formula is C15H19F3N2O4. The highest BCUT2D eigenvalue weighted by atomic mass is 19.4. The van der Waals surface area contributed by atoms with E-state index < -0.39 is 30.5 Å². The first kappa shape index (κ1) is 19.8. The smallest absolute Gasteiger partial charge is 0.448 e. The number of carbonyl (C=O) groups is 2. The Balaban J connectivity index is 3.06. The van der Waals surface area contributed by atoms with Crippen molar-refractivity contribution in [2.75, 3.05) is 18.5 Å². The number of rotatable bonds is 6. The van der Waals surface area contributed by atoms with Crippen LogP contribution in [0.4, 0.5) is 23.7 Å². The molecule has 0 aliphatic rings. The molecule has 0 aromatic heterocycles. The first-order valence-corrected chi connectivity index (χ1v) is 7.20. The van der Waals surface area contributed by atoms with Crippen molar-refractivity contribution in [2.45, 2.75) is 32.7 Å². The monoisotopic (exact) mass is 348 g/mol. The summed E-state index contributed by atoms with van der Waals surface area (Å²) in [5, 5.41) is 3.78. The van der Waals surface area contributed by atoms with E-state index in [1.807, 2.05) is 0 Å². The lowest BCUT2D eigenvalue weighted by Crippen LogP contribution is -2.67. The van der Waals surface area contributed by atoms with Crippen molar-refractivity contribution >= 4 is 17.7 Å². The maximum Gasteiger partial charge on any atom is 0.448 e. The molecule has 2 amide bonds. The van der Waals surface area contributed by atoms with Gasteiger partial charge >= 0.3 is 23.9 Å². The van der Waals surface area contributed by atoms with Gasteiger partial charge in [0, 0.05) is 12.3 Å². The average Bonchev–Trinajstić information content (AvgIpc) is 2.45. The second-order valence-corrected chi connectivity index (χ2v) is 4.78. The van der Waals surface area contributed by atoms with E-state index in [9.17, 15) is 22.8 Å². The third kappa shape index (κ3) is 4.60. The first-order chi connectivity index (χ1) is 11.2. The molecule has 0 bridgehead atoms. The van der Waals surface area contributed by atoms with Crippen molar-refractivity contribution in [3.63, 3.8) is 0 Å². The third-order valence-corrected chi connectivity index (χ3v) is 2.89. The Morgan fingerprint density at radius 3 is 2.33 bits per heavy atom. The van der Waals surface area contributed by atoms with Gasteiger partial charge in [-0.2, -0.15) is 13.2 Å². The molecule has 1 atom stereocenters. The molecule has 0 spiro atoms. The van der Waals surface area contributed by atoms with Crippen LogP contribution in [0.2, 0.25) is 0 Å². The molecule has 0 unspecified atom stereocenters. The number of aryl methyl sites for hydroxylation is 1. The number of nitrogens with one attached hydrogen (secondary N) is 2. The number of anilines is 1. The lowest BCUT2D eigenvalue weighted by Gasteiger charge is -2.33. The molecule has 2 N–H and O–H groups in total. The fourth-order valence-electron chi connectivity index (χ4n) is 1.91. The Morgan fingerprint density at radius 1 is 1.17 bits per heavy atom. The Hall–Kier alpha value is -2.29. The number of ether oxygens (including phenoxy) is 2. The van der Waals surface area contributed by atoms with Crippen LogP contribution >= 0.6 is 0 Å². The minimum Gasteiger partial charge on any atom is -0.462 e. The van der Waals surface area contributed by atoms with Gasteiger partial charge in [0.15, 0.2) is 0 Å². The number of amides is 2. The molecule has 0 saturated carbocycles. The first-order valence-electron chi connectivity index (χ1n) is 7.20. The van der Waals surface area contributed by atoms with Crippen LogP contribution in [0.15, 0.2) is 24.3 Å². The fraction of sp³-hybridized carbons (Fsp3) is 0.467. The molecule has 1 aromatic rings. The zero-order valence-electron chi connectivity index (χ0n) is 13.5. The molecule has 0 radical (unpaired) electrons. The van der Waals surface area contributed by atoms with E-state index >= 15 is 0 Å². The van der Waals surface area contributed by atoms with E-state index in [4.69, 9.17) is 0 Å². The SMILES string of the molecule is CCOC(=O)[C@@](NC(=O)Nc1cccc(C)c1)(OCC)C(F)(F)F. The van der Waals surface area contributed by atoms with Gasteiger partial charge in [-0.05, 0) is 38.5 Å². The van der Waals surface area contributed by atoms with Crippen LogP contribution in [0.25, 0.3) is 0 Å². The molecule has 0 aliphatic carbocycles. The number of hydrogen-bond acceptors (Lipinski definition) is 4. The summed E-state index contributed by atoms with van der Waals surface area (Å²) in [5.74, 6) is -1.74. The standard InChI is InChI=1S/C15H19F3N2O4/c1-4-23-12(21)14(24-5-2,15(16,17)18)20-13(22)19-11-8-6-7-10(3)9-11/h6-9H,4-5H2,1-3H3,(H2,19,20,22)/t14-/m1/s1. The number of hydrogen-bond donors (Lipinski definition) is 2. The van der Waals surface area contributed by atoms with E-state index in [0.717, 1.165) is 5.56 Å². The molecular weight excluding hydrogens is 329 g/mol. The summed E-state index contributed by atoms with van der Waals surface area (Å²) in [5.41, 5.74) is -2.51. The highest BCUT2D eigenvalue weighted by Crippen LogP contribution is 2.33. The number of urea groups is 1. The highest BCUT2D eigenvalue weighted by Gasteiger charge is 2.64. The lowest BCUT2D eigenvalue weighted by molar-refractivity contribution is -0.282. The second kappa shape index (κ2) is 8.00. The lowest BCUT2D eigenvalue weighted by atomic mass is 10.2. The van der Waals surface area contributed by atoms with Crippen molar-refractivity contribution in [3.8, 4) is 0 Å². The van der Waals surface area contributed by atoms with E-state index in [1.54, 1.807) is 30.4 Å². The Labute approximate surface area is 137 Å². The van der Waals surface area contributed by atoms with Crippen molar-refractivity contribution < 1.29 is 32.2 Å². The van der Waals surface area contributed by atoms with Crippen molar-refractivity contribution in [1.29, 1.82) is 0 Å². The molecule has 6 nitrogen and oxygen atoms in total. The summed E-state index contributed by atoms with van der Waals surface area (Å²) >= 11 is 0. The minimum atomic E-state index is -5.21. The zero-order chi connectivity index (χ0) is 18.4.